The molecular weight excluding hydrogens is 184 g/mol. The molecule has 5 heteroatoms. The number of carbonyl (C=O) groups is 1. The molecule has 0 radical (unpaired) electrons. The summed E-state index contributed by atoms with van der Waals surface area (Å²) < 4.78 is 5.53. The minimum Gasteiger partial charge on any atom is -0.481 e. The third kappa shape index (κ3) is 2.70. The predicted molar refractivity (Wildman–Crippen MR) is 51.2 cm³/mol. The summed E-state index contributed by atoms with van der Waals surface area (Å²) in [5, 5.41) is 14.7. The molecule has 5 nitrogen and oxygen atoms in total. The van der Waals surface area contributed by atoms with Gasteiger partial charge in [-0.25, -0.2) is 0 Å². The third-order valence-electron chi connectivity index (χ3n) is 2.51. The summed E-state index contributed by atoms with van der Waals surface area (Å²) in [6.45, 7) is 1.08. The van der Waals surface area contributed by atoms with Gasteiger partial charge in [-0.15, -0.1) is 0 Å². The summed E-state index contributed by atoms with van der Waals surface area (Å²) in [4.78, 5) is 9.00. The topological polar surface area (TPSA) is 96.4 Å². The average molecular weight is 200 g/mol. The van der Waals surface area contributed by atoms with Crippen LogP contribution in [-0.2, 0) is 9.53 Å². The van der Waals surface area contributed by atoms with Gasteiger partial charge < -0.3 is 15.6 Å². The summed E-state index contributed by atoms with van der Waals surface area (Å²) in [6, 6.07) is 0. The van der Waals surface area contributed by atoms with Crippen LogP contribution in [0, 0.1) is 11.3 Å². The number of amidine groups is 1. The van der Waals surface area contributed by atoms with Gasteiger partial charge >= 0.3 is 0 Å². The molecule has 4 N–H and O–H groups in total. The monoisotopic (exact) mass is 200 g/mol. The Morgan fingerprint density at radius 1 is 1.57 bits per heavy atom. The molecule has 2 rings (SSSR count). The van der Waals surface area contributed by atoms with Crippen LogP contribution in [0.15, 0.2) is 0 Å². The van der Waals surface area contributed by atoms with Crippen molar-refractivity contribution in [3.8, 4) is 0 Å². The molecule has 0 aromatic heterocycles. The molecule has 0 aromatic carbocycles. The van der Waals surface area contributed by atoms with Gasteiger partial charge in [0, 0.05) is 12.8 Å². The summed E-state index contributed by atoms with van der Waals surface area (Å²) in [7, 11) is 0. The van der Waals surface area contributed by atoms with Crippen LogP contribution in [0.3, 0.4) is 0 Å². The van der Waals surface area contributed by atoms with Crippen LogP contribution < -0.4 is 5.73 Å². The quantitative estimate of drug-likeness (QED) is 0.426. The van der Waals surface area contributed by atoms with Crippen LogP contribution in [0.4, 0.5) is 0 Å². The van der Waals surface area contributed by atoms with Gasteiger partial charge in [-0.05, 0) is 19.3 Å². The first-order valence-corrected chi connectivity index (χ1v) is 4.69. The largest absolute Gasteiger partial charge is 0.481 e. The third-order valence-corrected chi connectivity index (χ3v) is 2.51. The van der Waals surface area contributed by atoms with Crippen molar-refractivity contribution < 1.29 is 14.6 Å². The van der Waals surface area contributed by atoms with E-state index in [1.165, 1.54) is 6.42 Å². The second-order valence-electron chi connectivity index (χ2n) is 3.69. The molecule has 0 aromatic rings. The van der Waals surface area contributed by atoms with Crippen LogP contribution in [0.2, 0.25) is 0 Å². The van der Waals surface area contributed by atoms with Crippen molar-refractivity contribution in [2.24, 2.45) is 11.7 Å². The lowest BCUT2D eigenvalue weighted by atomic mass is 9.89. The van der Waals surface area contributed by atoms with Crippen molar-refractivity contribution in [3.05, 3.63) is 0 Å². The second-order valence-corrected chi connectivity index (χ2v) is 3.69. The number of carboxylic acids is 1. The molecule has 80 valence electrons. The van der Waals surface area contributed by atoms with Crippen molar-refractivity contribution >= 4 is 11.8 Å². The SMILES string of the molecule is CC(=O)O.N=C(N)C1CC2CCC1O2. The van der Waals surface area contributed by atoms with E-state index in [4.69, 9.17) is 25.8 Å². The van der Waals surface area contributed by atoms with Gasteiger partial charge in [-0.1, -0.05) is 0 Å². The van der Waals surface area contributed by atoms with Crippen LogP contribution in [0.1, 0.15) is 26.2 Å². The molecule has 0 spiro atoms. The van der Waals surface area contributed by atoms with Gasteiger partial charge in [-0.2, -0.15) is 0 Å². The van der Waals surface area contributed by atoms with Crippen LogP contribution in [0.5, 0.6) is 0 Å². The highest BCUT2D eigenvalue weighted by Gasteiger charge is 2.41. The smallest absolute Gasteiger partial charge is 0.300 e. The number of ether oxygens (including phenoxy) is 1. The fourth-order valence-electron chi connectivity index (χ4n) is 1.97. The van der Waals surface area contributed by atoms with Crippen molar-refractivity contribution in [1.82, 2.24) is 0 Å². The van der Waals surface area contributed by atoms with E-state index in [0.717, 1.165) is 19.8 Å². The molecule has 3 atom stereocenters. The van der Waals surface area contributed by atoms with E-state index in [1.807, 2.05) is 0 Å². The molecule has 2 bridgehead atoms. The summed E-state index contributed by atoms with van der Waals surface area (Å²) in [5.74, 6) is -0.286. The fraction of sp³-hybridized carbons (Fsp3) is 0.778. The molecule has 0 aliphatic carbocycles. The molecule has 2 saturated heterocycles. The standard InChI is InChI=1S/C7H12N2O.C2H4O2/c8-7(9)5-3-4-1-2-6(5)10-4;1-2(3)4/h4-6H,1-3H2,(H3,8,9);1H3,(H,3,4). The van der Waals surface area contributed by atoms with Gasteiger partial charge in [0.25, 0.3) is 5.97 Å². The zero-order valence-corrected chi connectivity index (χ0v) is 8.19. The van der Waals surface area contributed by atoms with Gasteiger partial charge in [0.15, 0.2) is 0 Å². The Bertz CT molecular complexity index is 238. The van der Waals surface area contributed by atoms with Gasteiger partial charge in [0.2, 0.25) is 0 Å². The molecule has 2 fully saturated rings. The minimum absolute atomic E-state index is 0.235. The number of hydrogen-bond donors (Lipinski definition) is 3. The summed E-state index contributed by atoms with van der Waals surface area (Å²) in [6.07, 6.45) is 3.96. The lowest BCUT2D eigenvalue weighted by molar-refractivity contribution is -0.134. The molecule has 2 heterocycles. The molecule has 2 aliphatic heterocycles. The number of hydrogen-bond acceptors (Lipinski definition) is 3. The number of nitrogens with two attached hydrogens (primary N) is 1. The highest BCUT2D eigenvalue weighted by molar-refractivity contribution is 5.80. The van der Waals surface area contributed by atoms with E-state index in [-0.39, 0.29) is 12.0 Å². The zero-order chi connectivity index (χ0) is 10.7. The zero-order valence-electron chi connectivity index (χ0n) is 8.19. The van der Waals surface area contributed by atoms with Crippen molar-refractivity contribution in [2.45, 2.75) is 38.4 Å². The van der Waals surface area contributed by atoms with Gasteiger partial charge in [0.05, 0.1) is 18.0 Å². The Morgan fingerprint density at radius 3 is 2.36 bits per heavy atom. The Balaban J connectivity index is 0.000000213. The number of carboxylic acid groups (broad SMARTS) is 1. The molecule has 3 unspecified atom stereocenters. The molecular formula is C9H16N2O3. The van der Waals surface area contributed by atoms with Gasteiger partial charge in [0.1, 0.15) is 0 Å². The van der Waals surface area contributed by atoms with E-state index in [0.29, 0.717) is 11.9 Å². The first kappa shape index (κ1) is 11.0. The molecule has 0 amide bonds. The second kappa shape index (κ2) is 4.41. The van der Waals surface area contributed by atoms with E-state index in [2.05, 4.69) is 0 Å². The molecule has 2 aliphatic rings. The van der Waals surface area contributed by atoms with E-state index in [9.17, 15) is 0 Å². The maximum atomic E-state index is 9.00. The first-order valence-electron chi connectivity index (χ1n) is 4.69. The number of fused-ring (bicyclic) bond motifs is 2. The van der Waals surface area contributed by atoms with Crippen molar-refractivity contribution in [1.29, 1.82) is 5.41 Å². The molecule has 14 heavy (non-hydrogen) atoms. The maximum Gasteiger partial charge on any atom is 0.300 e. The molecule has 0 saturated carbocycles. The highest BCUT2D eigenvalue weighted by atomic mass is 16.5. The number of rotatable bonds is 1. The first-order chi connectivity index (χ1) is 6.50. The maximum absolute atomic E-state index is 9.00. The van der Waals surface area contributed by atoms with E-state index < -0.39 is 5.97 Å². The summed E-state index contributed by atoms with van der Waals surface area (Å²) >= 11 is 0. The van der Waals surface area contributed by atoms with Gasteiger partial charge in [-0.3, -0.25) is 10.2 Å². The van der Waals surface area contributed by atoms with E-state index in [1.54, 1.807) is 0 Å². The van der Waals surface area contributed by atoms with E-state index >= 15 is 0 Å². The minimum atomic E-state index is -0.833. The van der Waals surface area contributed by atoms with Crippen LogP contribution in [-0.4, -0.2) is 29.1 Å². The highest BCUT2D eigenvalue weighted by Crippen LogP contribution is 2.38. The van der Waals surface area contributed by atoms with Crippen LogP contribution in [0.25, 0.3) is 0 Å². The fourth-order valence-corrected chi connectivity index (χ4v) is 1.97. The normalized spacial score (nSPS) is 33.4. The lowest BCUT2D eigenvalue weighted by Gasteiger charge is -2.15. The van der Waals surface area contributed by atoms with Crippen LogP contribution >= 0.6 is 0 Å². The average Bonchev–Trinajstić information content (AvgIpc) is 2.61. The van der Waals surface area contributed by atoms with Crippen molar-refractivity contribution in [3.63, 3.8) is 0 Å². The Morgan fingerprint density at radius 2 is 2.14 bits per heavy atom. The lowest BCUT2D eigenvalue weighted by Crippen LogP contribution is -2.30. The summed E-state index contributed by atoms with van der Waals surface area (Å²) in [5.41, 5.74) is 5.39. The Hall–Kier alpha value is -1.10. The Labute approximate surface area is 82.7 Å². The predicted octanol–water partition coefficient (Wildman–Crippen LogP) is 0.581. The van der Waals surface area contributed by atoms with Crippen molar-refractivity contribution in [2.75, 3.05) is 0 Å². The Kier molecular flexibility index (Phi) is 3.46. The number of aliphatic carboxylic acids is 1. The number of nitrogens with one attached hydrogen (secondary N) is 1.